The molecule has 0 aliphatic heterocycles. The van der Waals surface area contributed by atoms with Gasteiger partial charge in [-0.1, -0.05) is 83.9 Å². The number of halogens is 2. The van der Waals surface area contributed by atoms with Crippen LogP contribution in [-0.2, 0) is 9.59 Å². The highest BCUT2D eigenvalue weighted by molar-refractivity contribution is 8.00. The molecule has 0 saturated heterocycles. The van der Waals surface area contributed by atoms with E-state index in [0.29, 0.717) is 32.5 Å². The fraction of sp³-hybridized carbons (Fsp3) is 0.0526. The van der Waals surface area contributed by atoms with Gasteiger partial charge in [-0.3, -0.25) is 14.4 Å². The maximum atomic E-state index is 13.6. The molecule has 1 atom stereocenters. The number of rotatable bonds is 11. The maximum Gasteiger partial charge on any atom is 0.335 e. The van der Waals surface area contributed by atoms with Crippen molar-refractivity contribution in [2.75, 3.05) is 10.6 Å². The first-order valence-corrected chi connectivity index (χ1v) is 16.5. The summed E-state index contributed by atoms with van der Waals surface area (Å²) < 4.78 is 0. The molecule has 246 valence electrons. The van der Waals surface area contributed by atoms with Crippen LogP contribution in [-0.4, -0.2) is 28.8 Å². The molecule has 4 N–H and O–H groups in total. The van der Waals surface area contributed by atoms with Crippen LogP contribution in [0.3, 0.4) is 0 Å². The smallest absolute Gasteiger partial charge is 0.335 e. The number of nitrogens with one attached hydrogen (secondary N) is 3. The van der Waals surface area contributed by atoms with Gasteiger partial charge in [-0.05, 0) is 90.4 Å². The number of benzene rings is 5. The van der Waals surface area contributed by atoms with E-state index in [0.717, 1.165) is 16.0 Å². The van der Waals surface area contributed by atoms with Gasteiger partial charge in [0, 0.05) is 31.9 Å². The molecule has 0 aromatic heterocycles. The maximum absolute atomic E-state index is 13.6. The summed E-state index contributed by atoms with van der Waals surface area (Å²) in [5, 5.41) is 17.9. The third-order valence-corrected chi connectivity index (χ3v) is 9.07. The number of anilines is 2. The second-order valence-electron chi connectivity index (χ2n) is 10.8. The summed E-state index contributed by atoms with van der Waals surface area (Å²) >= 11 is 13.7. The molecule has 0 spiro atoms. The largest absolute Gasteiger partial charge is 0.478 e. The van der Waals surface area contributed by atoms with Crippen LogP contribution in [0, 0.1) is 6.92 Å². The molecule has 49 heavy (non-hydrogen) atoms. The average Bonchev–Trinajstić information content (AvgIpc) is 3.10. The predicted molar refractivity (Wildman–Crippen MR) is 195 cm³/mol. The lowest BCUT2D eigenvalue weighted by molar-refractivity contribution is -0.116. The van der Waals surface area contributed by atoms with Crippen LogP contribution >= 0.6 is 35.0 Å². The minimum Gasteiger partial charge on any atom is -0.478 e. The first-order chi connectivity index (χ1) is 23.6. The molecule has 0 aliphatic carbocycles. The van der Waals surface area contributed by atoms with Gasteiger partial charge in [0.2, 0.25) is 5.91 Å². The summed E-state index contributed by atoms with van der Waals surface area (Å²) in [5.41, 5.74) is 3.20. The zero-order valence-corrected chi connectivity index (χ0v) is 28.3. The Morgan fingerprint density at radius 1 is 0.755 bits per heavy atom. The Bertz CT molecular complexity index is 2040. The van der Waals surface area contributed by atoms with Crippen molar-refractivity contribution in [3.63, 3.8) is 0 Å². The number of hydrogen-bond acceptors (Lipinski definition) is 5. The normalized spacial score (nSPS) is 11.7. The third-order valence-electron chi connectivity index (χ3n) is 7.24. The second kappa shape index (κ2) is 16.2. The Hall–Kier alpha value is -5.35. The fourth-order valence-electron chi connectivity index (χ4n) is 4.66. The Morgan fingerprint density at radius 2 is 1.43 bits per heavy atom. The van der Waals surface area contributed by atoms with Crippen molar-refractivity contribution in [1.29, 1.82) is 0 Å². The lowest BCUT2D eigenvalue weighted by Gasteiger charge is -2.18. The van der Waals surface area contributed by atoms with Crippen LogP contribution < -0.4 is 16.0 Å². The number of aromatic carboxylic acids is 1. The van der Waals surface area contributed by atoms with Gasteiger partial charge < -0.3 is 21.1 Å². The van der Waals surface area contributed by atoms with Crippen LogP contribution in [0.4, 0.5) is 11.4 Å². The lowest BCUT2D eigenvalue weighted by atomic mass is 10.1. The molecule has 0 radical (unpaired) electrons. The van der Waals surface area contributed by atoms with Gasteiger partial charge in [0.25, 0.3) is 11.8 Å². The van der Waals surface area contributed by atoms with Crippen molar-refractivity contribution < 1.29 is 24.3 Å². The number of carboxylic acid groups (broad SMARTS) is 1. The van der Waals surface area contributed by atoms with Crippen molar-refractivity contribution >= 4 is 76.1 Å². The van der Waals surface area contributed by atoms with Crippen LogP contribution in [0.15, 0.2) is 132 Å². The number of hydrogen-bond donors (Lipinski definition) is 4. The monoisotopic (exact) mass is 709 g/mol. The fourth-order valence-corrected chi connectivity index (χ4v) is 6.14. The van der Waals surface area contributed by atoms with E-state index in [1.54, 1.807) is 79.7 Å². The summed E-state index contributed by atoms with van der Waals surface area (Å²) in [4.78, 5) is 52.4. The van der Waals surface area contributed by atoms with E-state index in [1.165, 1.54) is 36.0 Å². The number of carboxylic acids is 1. The van der Waals surface area contributed by atoms with Crippen LogP contribution in [0.25, 0.3) is 6.08 Å². The van der Waals surface area contributed by atoms with Crippen molar-refractivity contribution in [3.05, 3.63) is 165 Å². The van der Waals surface area contributed by atoms with Crippen molar-refractivity contribution in [3.8, 4) is 0 Å². The number of amides is 3. The van der Waals surface area contributed by atoms with Crippen LogP contribution in [0.2, 0.25) is 10.0 Å². The molecule has 0 bridgehead atoms. The number of carbonyl (C=O) groups excluding carboxylic acids is 3. The Kier molecular flexibility index (Phi) is 11.5. The molecule has 1 unspecified atom stereocenters. The standard InChI is InChI=1S/C38H29Cl2N3O5S/c1-23-12-13-27(38(47)48)21-32(23)42-37(46)34(24-8-4-2-5-9-24)49-30-18-16-29(17-19-30)41-36(45)33(20-26-14-15-28(39)22-31(26)40)43-35(44)25-10-6-3-7-11-25/h2-22,34H,1H3,(H,41,45)(H,42,46)(H,43,44)(H,47,48)/b33-20-. The van der Waals surface area contributed by atoms with E-state index in [2.05, 4.69) is 16.0 Å². The summed E-state index contributed by atoms with van der Waals surface area (Å²) in [6.07, 6.45) is 1.47. The van der Waals surface area contributed by atoms with Gasteiger partial charge >= 0.3 is 5.97 Å². The first kappa shape index (κ1) is 35.0. The molecule has 0 saturated carbocycles. The van der Waals surface area contributed by atoms with Crippen LogP contribution in [0.5, 0.6) is 0 Å². The van der Waals surface area contributed by atoms with Gasteiger partial charge in [0.15, 0.2) is 0 Å². The van der Waals surface area contributed by atoms with Crippen molar-refractivity contribution in [2.24, 2.45) is 0 Å². The molecule has 5 aromatic rings. The molecular weight excluding hydrogens is 681 g/mol. The SMILES string of the molecule is Cc1ccc(C(=O)O)cc1NC(=O)C(Sc1ccc(NC(=O)/C(=C/c2ccc(Cl)cc2Cl)NC(=O)c2ccccc2)cc1)c1ccccc1. The second-order valence-corrected chi connectivity index (χ2v) is 12.8. The van der Waals surface area contributed by atoms with E-state index in [1.807, 2.05) is 30.3 Å². The average molecular weight is 711 g/mol. The van der Waals surface area contributed by atoms with E-state index >= 15 is 0 Å². The molecule has 0 fully saturated rings. The van der Waals surface area contributed by atoms with Gasteiger partial charge in [-0.15, -0.1) is 11.8 Å². The van der Waals surface area contributed by atoms with Crippen molar-refractivity contribution in [2.45, 2.75) is 17.1 Å². The Balaban J connectivity index is 1.35. The van der Waals surface area contributed by atoms with E-state index in [-0.39, 0.29) is 17.2 Å². The molecule has 5 aromatic carbocycles. The Labute approximate surface area is 297 Å². The number of carbonyl (C=O) groups is 4. The van der Waals surface area contributed by atoms with E-state index < -0.39 is 23.0 Å². The highest BCUT2D eigenvalue weighted by Gasteiger charge is 2.23. The quantitative estimate of drug-likeness (QED) is 0.0802. The van der Waals surface area contributed by atoms with Crippen molar-refractivity contribution in [1.82, 2.24) is 5.32 Å². The van der Waals surface area contributed by atoms with Gasteiger partial charge in [-0.2, -0.15) is 0 Å². The number of aryl methyl sites for hydroxylation is 1. The highest BCUT2D eigenvalue weighted by Crippen LogP contribution is 2.37. The zero-order chi connectivity index (χ0) is 34.9. The third kappa shape index (κ3) is 9.39. The van der Waals surface area contributed by atoms with Gasteiger partial charge in [0.1, 0.15) is 10.9 Å². The van der Waals surface area contributed by atoms with Gasteiger partial charge in [-0.25, -0.2) is 4.79 Å². The first-order valence-electron chi connectivity index (χ1n) is 14.9. The molecule has 5 rings (SSSR count). The van der Waals surface area contributed by atoms with E-state index in [9.17, 15) is 24.3 Å². The molecule has 8 nitrogen and oxygen atoms in total. The minimum absolute atomic E-state index is 0.0420. The molecule has 0 heterocycles. The zero-order valence-electron chi connectivity index (χ0n) is 25.9. The molecule has 11 heteroatoms. The summed E-state index contributed by atoms with van der Waals surface area (Å²) in [7, 11) is 0. The lowest BCUT2D eigenvalue weighted by Crippen LogP contribution is -2.30. The summed E-state index contributed by atoms with van der Waals surface area (Å²) in [6, 6.07) is 34.0. The number of thioether (sulfide) groups is 1. The van der Waals surface area contributed by atoms with E-state index in [4.69, 9.17) is 23.2 Å². The predicted octanol–water partition coefficient (Wildman–Crippen LogP) is 8.88. The Morgan fingerprint density at radius 3 is 2.08 bits per heavy atom. The van der Waals surface area contributed by atoms with Crippen LogP contribution in [0.1, 0.15) is 42.7 Å². The van der Waals surface area contributed by atoms with Gasteiger partial charge in [0.05, 0.1) is 5.56 Å². The minimum atomic E-state index is -1.09. The summed E-state index contributed by atoms with van der Waals surface area (Å²) in [6.45, 7) is 1.79. The molecular formula is C38H29Cl2N3O5S. The molecule has 0 aliphatic rings. The molecule has 3 amide bonds. The highest BCUT2D eigenvalue weighted by atomic mass is 35.5. The topological polar surface area (TPSA) is 125 Å². The summed E-state index contributed by atoms with van der Waals surface area (Å²) in [5.74, 6) is -2.49.